The van der Waals surface area contributed by atoms with Crippen molar-refractivity contribution in [2.75, 3.05) is 6.54 Å². The van der Waals surface area contributed by atoms with Crippen LogP contribution >= 0.6 is 0 Å². The van der Waals surface area contributed by atoms with Gasteiger partial charge in [0.15, 0.2) is 5.96 Å². The lowest BCUT2D eigenvalue weighted by atomic mass is 9.97. The maximum Gasteiger partial charge on any atom is 0.326 e. The average Bonchev–Trinajstić information content (AvgIpc) is 2.60. The van der Waals surface area contributed by atoms with E-state index in [0.29, 0.717) is 32.2 Å². The van der Waals surface area contributed by atoms with E-state index < -0.39 is 35.9 Å². The molecule has 0 aromatic heterocycles. The van der Waals surface area contributed by atoms with Crippen LogP contribution in [0.4, 0.5) is 0 Å². The lowest BCUT2D eigenvalue weighted by molar-refractivity contribution is -0.143. The van der Waals surface area contributed by atoms with Crippen molar-refractivity contribution in [1.29, 1.82) is 0 Å². The first-order chi connectivity index (χ1) is 13.0. The van der Waals surface area contributed by atoms with Gasteiger partial charge in [-0.3, -0.25) is 14.6 Å². The third-order valence-electron chi connectivity index (χ3n) is 4.42. The molecule has 28 heavy (non-hydrogen) atoms. The molecule has 0 aromatic carbocycles. The molecule has 0 rings (SSSR count). The molecule has 10 nitrogen and oxygen atoms in total. The molecule has 162 valence electrons. The number of carbonyl (C=O) groups excluding carboxylic acids is 2. The van der Waals surface area contributed by atoms with E-state index in [2.05, 4.69) is 15.6 Å². The van der Waals surface area contributed by atoms with Crippen LogP contribution in [0.1, 0.15) is 53.4 Å². The summed E-state index contributed by atoms with van der Waals surface area (Å²) in [7, 11) is 0. The fraction of sp³-hybridized carbons (Fsp3) is 0.778. The molecule has 0 aliphatic heterocycles. The Balaban J connectivity index is 4.96. The Morgan fingerprint density at radius 2 is 1.68 bits per heavy atom. The summed E-state index contributed by atoms with van der Waals surface area (Å²) in [6.45, 7) is 7.77. The first-order valence-electron chi connectivity index (χ1n) is 9.64. The monoisotopic (exact) mass is 400 g/mol. The molecule has 0 spiro atoms. The van der Waals surface area contributed by atoms with Crippen molar-refractivity contribution in [3.8, 4) is 0 Å². The van der Waals surface area contributed by atoms with E-state index in [1.165, 1.54) is 0 Å². The number of nitrogens with one attached hydrogen (secondary N) is 2. The Morgan fingerprint density at radius 3 is 2.14 bits per heavy atom. The van der Waals surface area contributed by atoms with E-state index >= 15 is 0 Å². The summed E-state index contributed by atoms with van der Waals surface area (Å²) in [5.74, 6) is -2.26. The first-order valence-corrected chi connectivity index (χ1v) is 9.64. The van der Waals surface area contributed by atoms with Gasteiger partial charge in [-0.1, -0.05) is 34.1 Å². The number of hydrogen-bond donors (Lipinski definition) is 6. The Hall–Kier alpha value is -2.36. The fourth-order valence-electron chi connectivity index (χ4n) is 2.57. The van der Waals surface area contributed by atoms with Crippen molar-refractivity contribution in [2.45, 2.75) is 71.5 Å². The van der Waals surface area contributed by atoms with Crippen LogP contribution in [0.2, 0.25) is 0 Å². The maximum atomic E-state index is 12.6. The Morgan fingerprint density at radius 1 is 1.07 bits per heavy atom. The summed E-state index contributed by atoms with van der Waals surface area (Å²) >= 11 is 0. The second-order valence-corrected chi connectivity index (χ2v) is 7.46. The third-order valence-corrected chi connectivity index (χ3v) is 4.42. The van der Waals surface area contributed by atoms with E-state index in [0.717, 1.165) is 0 Å². The number of carboxylic acid groups (broad SMARTS) is 1. The number of amides is 2. The normalized spacial score (nSPS) is 15.2. The number of guanidine groups is 1. The standard InChI is InChI=1S/C18H36N6O4/c1-5-11(4)14(17(27)28)24-16(26)13(9-10(2)3)23-15(25)12(19)7-6-8-22-18(20)21/h10-14H,5-9,19H2,1-4H3,(H,23,25)(H,24,26)(H,27,28)(H4,20,21,22). The number of carboxylic acids is 1. The summed E-state index contributed by atoms with van der Waals surface area (Å²) < 4.78 is 0. The van der Waals surface area contributed by atoms with E-state index in [4.69, 9.17) is 17.2 Å². The van der Waals surface area contributed by atoms with Gasteiger partial charge >= 0.3 is 5.97 Å². The first kappa shape index (κ1) is 25.6. The molecule has 0 aliphatic carbocycles. The van der Waals surface area contributed by atoms with E-state index in [-0.39, 0.29) is 17.8 Å². The number of carbonyl (C=O) groups is 3. The highest BCUT2D eigenvalue weighted by Gasteiger charge is 2.30. The van der Waals surface area contributed by atoms with Crippen molar-refractivity contribution in [2.24, 2.45) is 34.0 Å². The Kier molecular flexibility index (Phi) is 11.8. The molecule has 0 heterocycles. The van der Waals surface area contributed by atoms with Gasteiger partial charge < -0.3 is 32.9 Å². The molecule has 2 amide bonds. The van der Waals surface area contributed by atoms with Crippen molar-refractivity contribution in [3.05, 3.63) is 0 Å². The number of rotatable bonds is 13. The smallest absolute Gasteiger partial charge is 0.326 e. The largest absolute Gasteiger partial charge is 0.480 e. The molecule has 0 fully saturated rings. The fourth-order valence-corrected chi connectivity index (χ4v) is 2.57. The summed E-state index contributed by atoms with van der Waals surface area (Å²) in [4.78, 5) is 40.3. The van der Waals surface area contributed by atoms with Crippen molar-refractivity contribution in [1.82, 2.24) is 10.6 Å². The predicted molar refractivity (Wildman–Crippen MR) is 108 cm³/mol. The number of nitrogens with two attached hydrogens (primary N) is 3. The Bertz CT molecular complexity index is 548. The van der Waals surface area contributed by atoms with Crippen molar-refractivity contribution < 1.29 is 19.5 Å². The van der Waals surface area contributed by atoms with E-state index in [1.54, 1.807) is 6.92 Å². The summed E-state index contributed by atoms with van der Waals surface area (Å²) in [5.41, 5.74) is 16.4. The van der Waals surface area contributed by atoms with E-state index in [1.807, 2.05) is 20.8 Å². The highest BCUT2D eigenvalue weighted by molar-refractivity contribution is 5.91. The predicted octanol–water partition coefficient (Wildman–Crippen LogP) is -0.486. The zero-order valence-electron chi connectivity index (χ0n) is 17.3. The SMILES string of the molecule is CCC(C)C(NC(=O)C(CC(C)C)NC(=O)C(N)CCCN=C(N)N)C(=O)O. The van der Waals surface area contributed by atoms with Gasteiger partial charge in [0.1, 0.15) is 12.1 Å². The number of aliphatic carboxylic acids is 1. The minimum absolute atomic E-state index is 0.0269. The molecule has 4 atom stereocenters. The van der Waals surface area contributed by atoms with Gasteiger partial charge in [-0.25, -0.2) is 4.79 Å². The number of hydrogen-bond acceptors (Lipinski definition) is 5. The van der Waals surface area contributed by atoms with Crippen LogP contribution in [0.15, 0.2) is 4.99 Å². The molecule has 9 N–H and O–H groups in total. The van der Waals surface area contributed by atoms with Gasteiger partial charge in [-0.2, -0.15) is 0 Å². The summed E-state index contributed by atoms with van der Waals surface area (Å²) in [6, 6.07) is -2.69. The molecule has 0 saturated heterocycles. The van der Waals surface area contributed by atoms with Crippen LogP contribution in [0, 0.1) is 11.8 Å². The van der Waals surface area contributed by atoms with Gasteiger partial charge in [-0.05, 0) is 31.1 Å². The lowest BCUT2D eigenvalue weighted by Gasteiger charge is -2.26. The third kappa shape index (κ3) is 10.1. The average molecular weight is 401 g/mol. The quantitative estimate of drug-likeness (QED) is 0.137. The van der Waals surface area contributed by atoms with Crippen LogP contribution in [0.5, 0.6) is 0 Å². The molecule has 0 saturated carbocycles. The van der Waals surface area contributed by atoms with Crippen LogP contribution < -0.4 is 27.8 Å². The summed E-state index contributed by atoms with van der Waals surface area (Å²) in [6.07, 6.45) is 1.83. The molecule has 0 bridgehead atoms. The molecule has 0 aliphatic rings. The minimum Gasteiger partial charge on any atom is -0.480 e. The minimum atomic E-state index is -1.10. The van der Waals surface area contributed by atoms with Gasteiger partial charge in [0.25, 0.3) is 0 Å². The topological polar surface area (TPSA) is 186 Å². The van der Waals surface area contributed by atoms with Crippen molar-refractivity contribution >= 4 is 23.7 Å². The molecule has 0 radical (unpaired) electrons. The van der Waals surface area contributed by atoms with Gasteiger partial charge in [0, 0.05) is 6.54 Å². The second-order valence-electron chi connectivity index (χ2n) is 7.46. The summed E-state index contributed by atoms with van der Waals surface area (Å²) in [5, 5.41) is 14.6. The van der Waals surface area contributed by atoms with Crippen LogP contribution in [-0.4, -0.2) is 53.5 Å². The second kappa shape index (κ2) is 12.9. The number of nitrogens with zero attached hydrogens (tertiary/aromatic N) is 1. The van der Waals surface area contributed by atoms with Gasteiger partial charge in [-0.15, -0.1) is 0 Å². The molecule has 4 unspecified atom stereocenters. The molecule has 0 aromatic rings. The highest BCUT2D eigenvalue weighted by Crippen LogP contribution is 2.11. The van der Waals surface area contributed by atoms with Crippen LogP contribution in [-0.2, 0) is 14.4 Å². The van der Waals surface area contributed by atoms with Gasteiger partial charge in [0.05, 0.1) is 6.04 Å². The zero-order valence-corrected chi connectivity index (χ0v) is 17.3. The number of aliphatic imine (C=N–C) groups is 1. The molecule has 10 heteroatoms. The van der Waals surface area contributed by atoms with Crippen molar-refractivity contribution in [3.63, 3.8) is 0 Å². The van der Waals surface area contributed by atoms with Crippen LogP contribution in [0.25, 0.3) is 0 Å². The lowest BCUT2D eigenvalue weighted by Crippen LogP contribution is -2.55. The van der Waals surface area contributed by atoms with Gasteiger partial charge in [0.2, 0.25) is 11.8 Å². The van der Waals surface area contributed by atoms with Crippen LogP contribution in [0.3, 0.4) is 0 Å². The zero-order chi connectivity index (χ0) is 21.9. The molecular formula is C18H36N6O4. The Labute approximate surface area is 166 Å². The highest BCUT2D eigenvalue weighted by atomic mass is 16.4. The van der Waals surface area contributed by atoms with E-state index in [9.17, 15) is 19.5 Å². The maximum absolute atomic E-state index is 12.6. The molecular weight excluding hydrogens is 364 g/mol.